The first-order chi connectivity index (χ1) is 15.5. The quantitative estimate of drug-likeness (QED) is 0.440. The molecule has 0 saturated carbocycles. The van der Waals surface area contributed by atoms with Gasteiger partial charge in [0.15, 0.2) is 29.0 Å². The molecule has 0 N–H and O–H groups in total. The molecule has 32 heavy (non-hydrogen) atoms. The number of carbonyl (C=O) groups is 1. The Morgan fingerprint density at radius 1 is 1.00 bits per heavy atom. The molecule has 3 aromatic carbocycles. The van der Waals surface area contributed by atoms with Crippen LogP contribution >= 0.6 is 11.8 Å². The van der Waals surface area contributed by atoms with E-state index < -0.39 is 22.8 Å². The molecule has 1 aliphatic heterocycles. The van der Waals surface area contributed by atoms with Gasteiger partial charge in [-0.05, 0) is 29.3 Å². The van der Waals surface area contributed by atoms with E-state index in [0.29, 0.717) is 18.1 Å². The predicted octanol–water partition coefficient (Wildman–Crippen LogP) is 5.47. The van der Waals surface area contributed by atoms with Crippen LogP contribution in [0.4, 0.5) is 13.2 Å². The molecule has 1 atom stereocenters. The van der Waals surface area contributed by atoms with Crippen LogP contribution in [0.2, 0.25) is 0 Å². The molecule has 1 unspecified atom stereocenters. The third-order valence-electron chi connectivity index (χ3n) is 5.13. The van der Waals surface area contributed by atoms with Gasteiger partial charge in [-0.25, -0.2) is 13.2 Å². The number of hydrogen-bond acceptors (Lipinski definition) is 4. The van der Waals surface area contributed by atoms with Crippen LogP contribution < -0.4 is 9.47 Å². The summed E-state index contributed by atoms with van der Waals surface area (Å²) in [5, 5.41) is -0.424. The molecule has 4 nitrogen and oxygen atoms in total. The molecule has 0 radical (unpaired) electrons. The number of carbonyl (C=O) groups excluding carboxylic acids is 1. The first kappa shape index (κ1) is 22.1. The number of rotatable bonds is 7. The Morgan fingerprint density at radius 3 is 2.53 bits per heavy atom. The van der Waals surface area contributed by atoms with E-state index in [1.165, 1.54) is 23.8 Å². The Kier molecular flexibility index (Phi) is 6.60. The summed E-state index contributed by atoms with van der Waals surface area (Å²) in [5.41, 5.74) is 1.68. The van der Waals surface area contributed by atoms with E-state index in [1.807, 2.05) is 36.4 Å². The van der Waals surface area contributed by atoms with Crippen LogP contribution in [-0.4, -0.2) is 23.7 Å². The zero-order valence-corrected chi connectivity index (χ0v) is 18.0. The van der Waals surface area contributed by atoms with Gasteiger partial charge in [-0.15, -0.1) is 11.8 Å². The highest BCUT2D eigenvalue weighted by Gasteiger charge is 2.34. The monoisotopic (exact) mass is 459 g/mol. The number of halogens is 3. The number of nitrogens with zero attached hydrogens (tertiary/aromatic N) is 1. The van der Waals surface area contributed by atoms with Crippen molar-refractivity contribution in [2.45, 2.75) is 18.5 Å². The maximum Gasteiger partial charge on any atom is 0.234 e. The lowest BCUT2D eigenvalue weighted by Crippen LogP contribution is -2.28. The van der Waals surface area contributed by atoms with E-state index >= 15 is 0 Å². The van der Waals surface area contributed by atoms with Crippen LogP contribution in [0.15, 0.2) is 60.7 Å². The second-order valence-corrected chi connectivity index (χ2v) is 8.27. The Morgan fingerprint density at radius 2 is 1.78 bits per heavy atom. The van der Waals surface area contributed by atoms with E-state index in [9.17, 15) is 18.0 Å². The van der Waals surface area contributed by atoms with E-state index in [2.05, 4.69) is 0 Å². The van der Waals surface area contributed by atoms with Crippen LogP contribution in [0, 0.1) is 17.5 Å². The van der Waals surface area contributed by atoms with Crippen LogP contribution in [0.5, 0.6) is 11.5 Å². The second kappa shape index (κ2) is 9.56. The van der Waals surface area contributed by atoms with Gasteiger partial charge < -0.3 is 14.4 Å². The summed E-state index contributed by atoms with van der Waals surface area (Å²) in [6, 6.07) is 17.1. The highest BCUT2D eigenvalue weighted by molar-refractivity contribution is 8.00. The smallest absolute Gasteiger partial charge is 0.234 e. The minimum atomic E-state index is -1.54. The van der Waals surface area contributed by atoms with E-state index in [4.69, 9.17) is 9.47 Å². The Labute approximate surface area is 187 Å². The maximum absolute atomic E-state index is 14.2. The summed E-state index contributed by atoms with van der Waals surface area (Å²) in [6.07, 6.45) is 0. The van der Waals surface area contributed by atoms with Crippen molar-refractivity contribution in [1.29, 1.82) is 0 Å². The first-order valence-corrected chi connectivity index (χ1v) is 10.9. The number of methoxy groups -OCH3 is 1. The molecule has 4 rings (SSSR count). The summed E-state index contributed by atoms with van der Waals surface area (Å²) in [5.74, 6) is -3.06. The predicted molar refractivity (Wildman–Crippen MR) is 116 cm³/mol. The van der Waals surface area contributed by atoms with Crippen molar-refractivity contribution >= 4 is 17.7 Å². The van der Waals surface area contributed by atoms with E-state index in [1.54, 1.807) is 12.1 Å². The molecule has 1 aliphatic rings. The molecule has 0 aliphatic carbocycles. The summed E-state index contributed by atoms with van der Waals surface area (Å²) < 4.78 is 52.4. The molecule has 1 saturated heterocycles. The van der Waals surface area contributed by atoms with Gasteiger partial charge >= 0.3 is 0 Å². The van der Waals surface area contributed by atoms with Gasteiger partial charge in [0.1, 0.15) is 12.0 Å². The van der Waals surface area contributed by atoms with E-state index in [0.717, 1.165) is 23.3 Å². The van der Waals surface area contributed by atoms with Crippen LogP contribution in [0.3, 0.4) is 0 Å². The largest absolute Gasteiger partial charge is 0.493 e. The summed E-state index contributed by atoms with van der Waals surface area (Å²) in [7, 11) is 1.52. The number of benzene rings is 3. The summed E-state index contributed by atoms with van der Waals surface area (Å²) >= 11 is 1.37. The number of ether oxygens (including phenoxy) is 2. The van der Waals surface area contributed by atoms with Crippen molar-refractivity contribution in [3.63, 3.8) is 0 Å². The number of thioether (sulfide) groups is 1. The average Bonchev–Trinajstić information content (AvgIpc) is 3.18. The van der Waals surface area contributed by atoms with Crippen molar-refractivity contribution in [2.24, 2.45) is 0 Å². The molecule has 0 bridgehead atoms. The molecule has 0 spiro atoms. The lowest BCUT2D eigenvalue weighted by molar-refractivity contribution is -0.128. The fraction of sp³-hybridized carbons (Fsp3) is 0.208. The van der Waals surface area contributed by atoms with Crippen molar-refractivity contribution in [3.8, 4) is 11.5 Å². The van der Waals surface area contributed by atoms with Gasteiger partial charge in [0.2, 0.25) is 5.91 Å². The molecule has 1 heterocycles. The fourth-order valence-corrected chi connectivity index (χ4v) is 4.64. The molecule has 1 amide bonds. The number of hydrogen-bond donors (Lipinski definition) is 0. The SMILES string of the molecule is COc1cc(C2SCC(=O)N2Cc2ccc(F)c(F)c2F)ccc1OCc1ccccc1. The zero-order chi connectivity index (χ0) is 22.7. The topological polar surface area (TPSA) is 38.8 Å². The van der Waals surface area contributed by atoms with Crippen LogP contribution in [-0.2, 0) is 17.9 Å². The highest BCUT2D eigenvalue weighted by Crippen LogP contribution is 2.42. The van der Waals surface area contributed by atoms with Gasteiger partial charge in [-0.2, -0.15) is 0 Å². The average molecular weight is 459 g/mol. The second-order valence-electron chi connectivity index (χ2n) is 7.20. The van der Waals surface area contributed by atoms with Crippen molar-refractivity contribution in [1.82, 2.24) is 4.90 Å². The molecule has 8 heteroatoms. The summed E-state index contributed by atoms with van der Waals surface area (Å²) in [4.78, 5) is 13.9. The maximum atomic E-state index is 14.2. The minimum Gasteiger partial charge on any atom is -0.493 e. The Hall–Kier alpha value is -3.13. The molecular formula is C24H20F3NO3S. The van der Waals surface area contributed by atoms with Gasteiger partial charge in [0.05, 0.1) is 19.4 Å². The lowest BCUT2D eigenvalue weighted by Gasteiger charge is -2.25. The summed E-state index contributed by atoms with van der Waals surface area (Å²) in [6.45, 7) is 0.197. The van der Waals surface area contributed by atoms with Gasteiger partial charge in [0, 0.05) is 5.56 Å². The molecule has 0 aromatic heterocycles. The van der Waals surface area contributed by atoms with Crippen molar-refractivity contribution in [3.05, 3.63) is 94.8 Å². The van der Waals surface area contributed by atoms with Gasteiger partial charge in [-0.1, -0.05) is 42.5 Å². The number of amides is 1. The molecule has 166 valence electrons. The van der Waals surface area contributed by atoms with Crippen LogP contribution in [0.25, 0.3) is 0 Å². The lowest BCUT2D eigenvalue weighted by atomic mass is 10.1. The molecule has 3 aromatic rings. The van der Waals surface area contributed by atoms with E-state index in [-0.39, 0.29) is 23.8 Å². The van der Waals surface area contributed by atoms with Crippen molar-refractivity contribution < 1.29 is 27.4 Å². The molecule has 1 fully saturated rings. The molecular weight excluding hydrogens is 439 g/mol. The Bertz CT molecular complexity index is 1130. The van der Waals surface area contributed by atoms with Gasteiger partial charge in [0.25, 0.3) is 0 Å². The highest BCUT2D eigenvalue weighted by atomic mass is 32.2. The fourth-order valence-electron chi connectivity index (χ4n) is 3.47. The zero-order valence-electron chi connectivity index (χ0n) is 17.2. The normalized spacial score (nSPS) is 15.8. The Balaban J connectivity index is 1.55. The first-order valence-electron chi connectivity index (χ1n) is 9.86. The third kappa shape index (κ3) is 4.55. The van der Waals surface area contributed by atoms with Gasteiger partial charge in [-0.3, -0.25) is 4.79 Å². The third-order valence-corrected chi connectivity index (χ3v) is 6.39. The standard InChI is InChI=1S/C24H20F3NO3S/c1-30-20-11-16(8-10-19(20)31-13-15-5-3-2-4-6-15)24-28(21(29)14-32-24)12-17-7-9-18(25)23(27)22(17)26/h2-11,24H,12-14H2,1H3. The van der Waals surface area contributed by atoms with Crippen LogP contribution in [0.1, 0.15) is 22.1 Å². The van der Waals surface area contributed by atoms with Crippen molar-refractivity contribution in [2.75, 3.05) is 12.9 Å². The minimum absolute atomic E-state index is 0.0838.